The van der Waals surface area contributed by atoms with Gasteiger partial charge in [-0.25, -0.2) is 5.43 Å². The van der Waals surface area contributed by atoms with Crippen molar-refractivity contribution in [2.75, 3.05) is 13.2 Å². The molecule has 0 radical (unpaired) electrons. The molecule has 26 heavy (non-hydrogen) atoms. The third-order valence-corrected chi connectivity index (χ3v) is 4.27. The van der Waals surface area contributed by atoms with Gasteiger partial charge in [0.1, 0.15) is 5.75 Å². The van der Waals surface area contributed by atoms with Crippen molar-refractivity contribution in [1.82, 2.24) is 5.43 Å². The number of phenols is 1. The topological polar surface area (TPSA) is 80.2 Å². The van der Waals surface area contributed by atoms with Crippen LogP contribution in [0.25, 0.3) is 0 Å². The van der Waals surface area contributed by atoms with Crippen LogP contribution in [0.1, 0.15) is 23.6 Å². The van der Waals surface area contributed by atoms with E-state index in [1.807, 2.05) is 39.0 Å². The number of nitrogens with one attached hydrogen (secondary N) is 1. The summed E-state index contributed by atoms with van der Waals surface area (Å²) in [5, 5.41) is 13.8. The molecule has 0 heterocycles. The molecule has 0 fully saturated rings. The number of ether oxygens (including phenoxy) is 2. The molecule has 0 aliphatic rings. The molecule has 0 atom stereocenters. The Labute approximate surface area is 161 Å². The van der Waals surface area contributed by atoms with E-state index in [1.165, 1.54) is 6.21 Å². The van der Waals surface area contributed by atoms with Crippen LogP contribution in [0.3, 0.4) is 0 Å². The summed E-state index contributed by atoms with van der Waals surface area (Å²) in [6.45, 7) is 6.04. The zero-order chi connectivity index (χ0) is 19.1. The van der Waals surface area contributed by atoms with Gasteiger partial charge in [0.05, 0.1) is 17.3 Å². The maximum absolute atomic E-state index is 11.9. The highest BCUT2D eigenvalue weighted by Gasteiger charge is 2.09. The molecule has 138 valence electrons. The van der Waals surface area contributed by atoms with Crippen molar-refractivity contribution in [3.05, 3.63) is 51.5 Å². The summed E-state index contributed by atoms with van der Waals surface area (Å²) in [5.74, 6) is 0.667. The van der Waals surface area contributed by atoms with Crippen LogP contribution in [0.5, 0.6) is 17.2 Å². The van der Waals surface area contributed by atoms with Crippen LogP contribution in [0.4, 0.5) is 0 Å². The highest BCUT2D eigenvalue weighted by molar-refractivity contribution is 9.10. The quantitative estimate of drug-likeness (QED) is 0.528. The van der Waals surface area contributed by atoms with E-state index in [2.05, 4.69) is 26.5 Å². The number of halogens is 1. The molecule has 2 aromatic rings. The van der Waals surface area contributed by atoms with Gasteiger partial charge in [0.2, 0.25) is 0 Å². The predicted octanol–water partition coefficient (Wildman–Crippen LogP) is 3.70. The third kappa shape index (κ3) is 5.23. The van der Waals surface area contributed by atoms with Crippen molar-refractivity contribution < 1.29 is 19.4 Å². The normalized spacial score (nSPS) is 10.8. The van der Waals surface area contributed by atoms with Crippen molar-refractivity contribution in [3.8, 4) is 17.2 Å². The van der Waals surface area contributed by atoms with E-state index in [0.717, 1.165) is 11.1 Å². The van der Waals surface area contributed by atoms with Crippen LogP contribution in [0.15, 0.2) is 39.9 Å². The first-order valence-electron chi connectivity index (χ1n) is 8.08. The number of carbonyl (C=O) groups is 1. The van der Waals surface area contributed by atoms with Crippen molar-refractivity contribution in [1.29, 1.82) is 0 Å². The lowest BCUT2D eigenvalue weighted by molar-refractivity contribution is -0.123. The Morgan fingerprint density at radius 2 is 2.04 bits per heavy atom. The van der Waals surface area contributed by atoms with Gasteiger partial charge in [0, 0.05) is 0 Å². The molecule has 0 saturated carbocycles. The molecule has 2 rings (SSSR count). The second kappa shape index (κ2) is 9.24. The molecular weight excluding hydrogens is 400 g/mol. The van der Waals surface area contributed by atoms with Gasteiger partial charge in [-0.3, -0.25) is 4.79 Å². The Morgan fingerprint density at radius 3 is 2.77 bits per heavy atom. The van der Waals surface area contributed by atoms with Gasteiger partial charge in [-0.15, -0.1) is 0 Å². The molecule has 0 bridgehead atoms. The SMILES string of the molecule is CCOc1cc(/C=N/NC(=O)COc2cccc(C)c2C)cc(Br)c1O. The first-order chi connectivity index (χ1) is 12.4. The standard InChI is InChI=1S/C19H21BrN2O4/c1-4-25-17-9-14(8-15(20)19(17)24)10-21-22-18(23)11-26-16-7-5-6-12(2)13(16)3/h5-10,24H,4,11H2,1-3H3,(H,22,23)/b21-10+. The van der Waals surface area contributed by atoms with E-state index in [-0.39, 0.29) is 18.3 Å². The van der Waals surface area contributed by atoms with Crippen LogP contribution in [0, 0.1) is 13.8 Å². The van der Waals surface area contributed by atoms with Gasteiger partial charge in [-0.2, -0.15) is 5.10 Å². The molecule has 0 saturated heterocycles. The van der Waals surface area contributed by atoms with Gasteiger partial charge >= 0.3 is 0 Å². The maximum Gasteiger partial charge on any atom is 0.277 e. The molecule has 6 nitrogen and oxygen atoms in total. The van der Waals surface area contributed by atoms with Gasteiger partial charge in [0.15, 0.2) is 18.1 Å². The molecule has 0 unspecified atom stereocenters. The average Bonchev–Trinajstić information content (AvgIpc) is 2.60. The van der Waals surface area contributed by atoms with E-state index >= 15 is 0 Å². The summed E-state index contributed by atoms with van der Waals surface area (Å²) in [6, 6.07) is 8.99. The van der Waals surface area contributed by atoms with E-state index in [1.54, 1.807) is 12.1 Å². The fourth-order valence-electron chi connectivity index (χ4n) is 2.17. The van der Waals surface area contributed by atoms with E-state index in [0.29, 0.717) is 28.1 Å². The summed E-state index contributed by atoms with van der Waals surface area (Å²) in [5.41, 5.74) is 5.17. The summed E-state index contributed by atoms with van der Waals surface area (Å²) in [4.78, 5) is 11.9. The smallest absolute Gasteiger partial charge is 0.277 e. The highest BCUT2D eigenvalue weighted by Crippen LogP contribution is 2.35. The number of carbonyl (C=O) groups excluding carboxylic acids is 1. The maximum atomic E-state index is 11.9. The van der Waals surface area contributed by atoms with Crippen molar-refractivity contribution in [2.45, 2.75) is 20.8 Å². The summed E-state index contributed by atoms with van der Waals surface area (Å²) in [6.07, 6.45) is 1.46. The van der Waals surface area contributed by atoms with Crippen molar-refractivity contribution in [2.24, 2.45) is 5.10 Å². The van der Waals surface area contributed by atoms with Crippen LogP contribution >= 0.6 is 15.9 Å². The minimum Gasteiger partial charge on any atom is -0.503 e. The Morgan fingerprint density at radius 1 is 1.27 bits per heavy atom. The number of amides is 1. The number of aromatic hydroxyl groups is 1. The number of benzene rings is 2. The number of hydrazone groups is 1. The average molecular weight is 421 g/mol. The lowest BCUT2D eigenvalue weighted by Crippen LogP contribution is -2.24. The number of nitrogens with zero attached hydrogens (tertiary/aromatic N) is 1. The van der Waals surface area contributed by atoms with E-state index in [4.69, 9.17) is 9.47 Å². The first-order valence-corrected chi connectivity index (χ1v) is 8.88. The number of hydrogen-bond acceptors (Lipinski definition) is 5. The molecule has 7 heteroatoms. The van der Waals surface area contributed by atoms with Crippen LogP contribution in [-0.4, -0.2) is 30.4 Å². The Balaban J connectivity index is 1.93. The van der Waals surface area contributed by atoms with Crippen molar-refractivity contribution >= 4 is 28.1 Å². The zero-order valence-electron chi connectivity index (χ0n) is 14.9. The number of phenolic OH excluding ortho intramolecular Hbond substituents is 1. The Hall–Kier alpha value is -2.54. The molecule has 0 spiro atoms. The lowest BCUT2D eigenvalue weighted by atomic mass is 10.1. The number of hydrogen-bond donors (Lipinski definition) is 2. The Kier molecular flexibility index (Phi) is 7.03. The molecule has 1 amide bonds. The van der Waals surface area contributed by atoms with Gasteiger partial charge in [-0.05, 0) is 71.6 Å². The highest BCUT2D eigenvalue weighted by atomic mass is 79.9. The second-order valence-electron chi connectivity index (χ2n) is 5.56. The summed E-state index contributed by atoms with van der Waals surface area (Å²) < 4.78 is 11.3. The van der Waals surface area contributed by atoms with Crippen LogP contribution in [0.2, 0.25) is 0 Å². The summed E-state index contributed by atoms with van der Waals surface area (Å²) in [7, 11) is 0. The van der Waals surface area contributed by atoms with Gasteiger partial charge < -0.3 is 14.6 Å². The molecular formula is C19H21BrN2O4. The molecule has 0 aliphatic heterocycles. The minimum atomic E-state index is -0.370. The fraction of sp³-hybridized carbons (Fsp3) is 0.263. The molecule has 0 aliphatic carbocycles. The predicted molar refractivity (Wildman–Crippen MR) is 104 cm³/mol. The number of rotatable bonds is 7. The molecule has 2 N–H and O–H groups in total. The van der Waals surface area contributed by atoms with Gasteiger partial charge in [0.25, 0.3) is 5.91 Å². The van der Waals surface area contributed by atoms with Crippen molar-refractivity contribution in [3.63, 3.8) is 0 Å². The zero-order valence-corrected chi connectivity index (χ0v) is 16.5. The number of aryl methyl sites for hydroxylation is 1. The van der Waals surface area contributed by atoms with Crippen LogP contribution < -0.4 is 14.9 Å². The Bertz CT molecular complexity index is 821. The van der Waals surface area contributed by atoms with Crippen LogP contribution in [-0.2, 0) is 4.79 Å². The monoisotopic (exact) mass is 420 g/mol. The summed E-state index contributed by atoms with van der Waals surface area (Å²) >= 11 is 3.25. The fourth-order valence-corrected chi connectivity index (χ4v) is 2.63. The molecule has 2 aromatic carbocycles. The minimum absolute atomic E-state index is 0.0231. The first kappa shape index (κ1) is 19.8. The van der Waals surface area contributed by atoms with Gasteiger partial charge in [-0.1, -0.05) is 12.1 Å². The third-order valence-electron chi connectivity index (χ3n) is 3.67. The second-order valence-corrected chi connectivity index (χ2v) is 6.42. The van der Waals surface area contributed by atoms with E-state index in [9.17, 15) is 9.90 Å². The lowest BCUT2D eigenvalue weighted by Gasteiger charge is -2.10. The van der Waals surface area contributed by atoms with E-state index < -0.39 is 0 Å². The molecule has 0 aromatic heterocycles. The largest absolute Gasteiger partial charge is 0.503 e.